The molecule has 0 saturated carbocycles. The molecular formula is C51H64N10O14. The molecule has 24 nitrogen and oxygen atoms in total. The first-order valence-corrected chi connectivity index (χ1v) is 24.2. The lowest BCUT2D eigenvalue weighted by Gasteiger charge is -2.29. The Morgan fingerprint density at radius 2 is 1.23 bits per heavy atom. The second-order valence-electron chi connectivity index (χ2n) is 18.5. The van der Waals surface area contributed by atoms with Crippen molar-refractivity contribution in [3.63, 3.8) is 0 Å². The number of carbonyl (C=O) groups excluding carboxylic acids is 8. The van der Waals surface area contributed by atoms with Crippen LogP contribution in [0.1, 0.15) is 56.7 Å². The van der Waals surface area contributed by atoms with Crippen molar-refractivity contribution in [3.8, 4) is 5.75 Å². The fourth-order valence-electron chi connectivity index (χ4n) is 8.48. The molecule has 1 aromatic heterocycles. The van der Waals surface area contributed by atoms with Crippen molar-refractivity contribution in [1.82, 2.24) is 47.1 Å². The summed E-state index contributed by atoms with van der Waals surface area (Å²) in [4.78, 5) is 138. The predicted octanol–water partition coefficient (Wildman–Crippen LogP) is -1.53. The van der Waals surface area contributed by atoms with E-state index in [-0.39, 0.29) is 38.0 Å². The second-order valence-corrected chi connectivity index (χ2v) is 18.5. The fourth-order valence-corrected chi connectivity index (χ4v) is 8.48. The molecule has 402 valence electrons. The number of aromatic amines is 1. The average molecular weight is 1040 g/mol. The van der Waals surface area contributed by atoms with Gasteiger partial charge in [0.05, 0.1) is 25.6 Å². The van der Waals surface area contributed by atoms with E-state index >= 15 is 0 Å². The number of carboxylic acid groups (broad SMARTS) is 2. The fraction of sp³-hybridized carbons (Fsp3) is 0.412. The first kappa shape index (κ1) is 57.5. The number of hydrogen-bond donors (Lipinski definition) is 13. The van der Waals surface area contributed by atoms with Crippen molar-refractivity contribution < 1.29 is 68.4 Å². The molecule has 0 radical (unpaired) electrons. The van der Waals surface area contributed by atoms with Crippen LogP contribution < -0.4 is 43.0 Å². The Labute approximate surface area is 430 Å². The third-order valence-corrected chi connectivity index (χ3v) is 12.4. The van der Waals surface area contributed by atoms with Gasteiger partial charge >= 0.3 is 11.9 Å². The third-order valence-electron chi connectivity index (χ3n) is 12.4. The third kappa shape index (κ3) is 16.6. The molecule has 0 spiro atoms. The highest BCUT2D eigenvalue weighted by atomic mass is 16.4. The van der Waals surface area contributed by atoms with Crippen molar-refractivity contribution in [2.75, 3.05) is 19.6 Å². The molecule has 8 atom stereocenters. The highest BCUT2D eigenvalue weighted by molar-refractivity contribution is 5.99. The summed E-state index contributed by atoms with van der Waals surface area (Å²) in [6.45, 7) is 3.26. The zero-order valence-corrected chi connectivity index (χ0v) is 41.5. The molecule has 2 heterocycles. The largest absolute Gasteiger partial charge is 0.508 e. The number of benzene rings is 3. The topological polar surface area (TPSA) is 381 Å². The summed E-state index contributed by atoms with van der Waals surface area (Å²) < 4.78 is 0. The number of amides is 8. The smallest absolute Gasteiger partial charge is 0.326 e. The number of rotatable bonds is 26. The summed E-state index contributed by atoms with van der Waals surface area (Å²) >= 11 is 0. The molecule has 0 unspecified atom stereocenters. The molecule has 4 aromatic rings. The summed E-state index contributed by atoms with van der Waals surface area (Å²) in [5.41, 5.74) is 7.57. The van der Waals surface area contributed by atoms with E-state index in [2.05, 4.69) is 42.2 Å². The maximum Gasteiger partial charge on any atom is 0.326 e. The summed E-state index contributed by atoms with van der Waals surface area (Å²) in [5, 5.41) is 58.0. The molecule has 1 fully saturated rings. The van der Waals surface area contributed by atoms with Crippen LogP contribution in [0.4, 0.5) is 0 Å². The minimum Gasteiger partial charge on any atom is -0.508 e. The Morgan fingerprint density at radius 3 is 1.81 bits per heavy atom. The minimum atomic E-state index is -1.73. The number of aromatic hydroxyl groups is 1. The van der Waals surface area contributed by atoms with Gasteiger partial charge < -0.3 is 73.3 Å². The van der Waals surface area contributed by atoms with E-state index in [1.54, 1.807) is 74.6 Å². The Bertz CT molecular complexity index is 2700. The van der Waals surface area contributed by atoms with Gasteiger partial charge in [-0.2, -0.15) is 0 Å². The molecule has 75 heavy (non-hydrogen) atoms. The van der Waals surface area contributed by atoms with E-state index in [4.69, 9.17) is 5.73 Å². The molecule has 5 rings (SSSR count). The number of carbonyl (C=O) groups is 10. The Kier molecular flexibility index (Phi) is 20.8. The molecule has 8 amide bonds. The van der Waals surface area contributed by atoms with Gasteiger partial charge in [0.15, 0.2) is 0 Å². The number of phenols is 1. The van der Waals surface area contributed by atoms with E-state index in [1.807, 2.05) is 0 Å². The number of H-pyrrole nitrogens is 1. The number of para-hydroxylation sites is 1. The van der Waals surface area contributed by atoms with E-state index in [9.17, 15) is 68.4 Å². The number of likely N-dealkylation sites (tertiary alicyclic amines) is 1. The van der Waals surface area contributed by atoms with Crippen molar-refractivity contribution in [2.24, 2.45) is 11.7 Å². The molecule has 3 aromatic carbocycles. The number of aliphatic hydroxyl groups excluding tert-OH is 1. The molecule has 1 aliphatic rings. The van der Waals surface area contributed by atoms with Crippen LogP contribution in [0.15, 0.2) is 85.1 Å². The lowest BCUT2D eigenvalue weighted by molar-refractivity contribution is -0.150. The summed E-state index contributed by atoms with van der Waals surface area (Å²) in [6.07, 6.45) is -0.822. The molecule has 1 saturated heterocycles. The number of carboxylic acids is 2. The molecule has 14 N–H and O–H groups in total. The number of hydrogen-bond acceptors (Lipinski definition) is 13. The molecule has 24 heteroatoms. The number of aliphatic carboxylic acids is 2. The van der Waals surface area contributed by atoms with Crippen LogP contribution in [-0.2, 0) is 67.2 Å². The SMILES string of the molecule is CC(C)[C@H](NC(=O)[C@@H](NC(=O)CN)[C@@H](C)O)C(=O)NCC(=O)N[C@@H](Cc1ccc(O)cc1)C(=O)N[C@@H](Cc1c[nH]c2ccccc12)C(=O)N[C@@H](Cc1ccccc1)C(=O)N[C@@H](CC(=O)O)C(=O)N1CCC[C@H]1C(=O)O. The van der Waals surface area contributed by atoms with Crippen molar-refractivity contribution in [3.05, 3.63) is 102 Å². The van der Waals surface area contributed by atoms with Crippen LogP contribution in [-0.4, -0.2) is 158 Å². The Hall–Kier alpha value is -8.38. The molecule has 0 bridgehead atoms. The van der Waals surface area contributed by atoms with Gasteiger partial charge in [-0.1, -0.05) is 74.5 Å². The van der Waals surface area contributed by atoms with Crippen LogP contribution in [0, 0.1) is 5.92 Å². The average Bonchev–Trinajstić information content (AvgIpc) is 4.04. The lowest BCUT2D eigenvalue weighted by atomic mass is 10.00. The maximum atomic E-state index is 14.7. The molecule has 0 aliphatic carbocycles. The van der Waals surface area contributed by atoms with Crippen molar-refractivity contribution >= 4 is 70.1 Å². The second kappa shape index (κ2) is 27.1. The van der Waals surface area contributed by atoms with Crippen LogP contribution in [0.5, 0.6) is 5.75 Å². The van der Waals surface area contributed by atoms with Crippen LogP contribution in [0.2, 0.25) is 0 Å². The van der Waals surface area contributed by atoms with Crippen LogP contribution >= 0.6 is 0 Å². The van der Waals surface area contributed by atoms with Gasteiger partial charge in [0, 0.05) is 42.9 Å². The number of nitrogens with one attached hydrogen (secondary N) is 8. The summed E-state index contributed by atoms with van der Waals surface area (Å²) in [6, 6.07) is 11.0. The quantitative estimate of drug-likeness (QED) is 0.0340. The van der Waals surface area contributed by atoms with Gasteiger partial charge in [-0.15, -0.1) is 0 Å². The van der Waals surface area contributed by atoms with E-state index in [1.165, 1.54) is 31.2 Å². The van der Waals surface area contributed by atoms with Crippen molar-refractivity contribution in [1.29, 1.82) is 0 Å². The number of aliphatic hydroxyl groups is 1. The van der Waals surface area contributed by atoms with Crippen molar-refractivity contribution in [2.45, 2.75) is 108 Å². The van der Waals surface area contributed by atoms with Gasteiger partial charge in [0.25, 0.3) is 0 Å². The number of nitrogens with zero attached hydrogens (tertiary/aromatic N) is 1. The standard InChI is InChI=1S/C51H64N10O14/c1-27(2)43(60-49(72)44(28(3)62)59-40(64)24-52)48(71)54-26-41(65)55-35(21-30-15-17-32(63)18-16-30)45(68)57-37(22-31-25-53-34-13-8-7-12-33(31)34)47(70)56-36(20-29-10-5-4-6-11-29)46(69)58-38(23-42(66)67)50(73)61-19-9-14-39(61)51(74)75/h4-8,10-13,15-18,25,27-28,35-39,43-44,53,62-63H,9,14,19-24,26,52H2,1-3H3,(H,54,71)(H,55,65)(H,56,70)(H,57,68)(H,58,69)(H,59,64)(H,60,72)(H,66,67)(H,74,75)/t28-,35+,36+,37+,38+,39+,43+,44+/m1/s1. The van der Waals surface area contributed by atoms with E-state index in [0.717, 1.165) is 4.90 Å². The van der Waals surface area contributed by atoms with Crippen LogP contribution in [0.25, 0.3) is 10.9 Å². The number of fused-ring (bicyclic) bond motifs is 1. The monoisotopic (exact) mass is 1040 g/mol. The molecular weight excluding hydrogens is 977 g/mol. The van der Waals surface area contributed by atoms with E-state index < -0.39 is 133 Å². The highest BCUT2D eigenvalue weighted by Crippen LogP contribution is 2.22. The summed E-state index contributed by atoms with van der Waals surface area (Å²) in [7, 11) is 0. The zero-order chi connectivity index (χ0) is 54.9. The maximum absolute atomic E-state index is 14.7. The number of nitrogens with two attached hydrogens (primary N) is 1. The lowest BCUT2D eigenvalue weighted by Crippen LogP contribution is -2.60. The van der Waals surface area contributed by atoms with E-state index in [0.29, 0.717) is 34.0 Å². The van der Waals surface area contributed by atoms with Gasteiger partial charge in [-0.05, 0) is 60.6 Å². The molecule has 1 aliphatic heterocycles. The first-order chi connectivity index (χ1) is 35.6. The Balaban J connectivity index is 1.42. The normalized spacial score (nSPS) is 16.0. The van der Waals surface area contributed by atoms with Gasteiger partial charge in [0.2, 0.25) is 47.3 Å². The summed E-state index contributed by atoms with van der Waals surface area (Å²) in [5.74, 6) is -10.5. The Morgan fingerprint density at radius 1 is 0.653 bits per heavy atom. The van der Waals surface area contributed by atoms with Gasteiger partial charge in [0.1, 0.15) is 48.0 Å². The van der Waals surface area contributed by atoms with Crippen LogP contribution in [0.3, 0.4) is 0 Å². The van der Waals surface area contributed by atoms with Gasteiger partial charge in [-0.3, -0.25) is 43.2 Å². The van der Waals surface area contributed by atoms with Gasteiger partial charge in [-0.25, -0.2) is 4.79 Å². The predicted molar refractivity (Wildman–Crippen MR) is 269 cm³/mol. The minimum absolute atomic E-state index is 0.00732. The highest BCUT2D eigenvalue weighted by Gasteiger charge is 2.40. The number of aromatic nitrogens is 1. The zero-order valence-electron chi connectivity index (χ0n) is 41.5. The first-order valence-electron chi connectivity index (χ1n) is 24.2. The number of phenolic OH excluding ortho intramolecular Hbond substituents is 1.